The van der Waals surface area contributed by atoms with Crippen LogP contribution in [-0.4, -0.2) is 17.6 Å². The Balaban J connectivity index is 3.15. The summed E-state index contributed by atoms with van der Waals surface area (Å²) in [6.45, 7) is 0.156. The summed E-state index contributed by atoms with van der Waals surface area (Å²) >= 11 is 0. The fraction of sp³-hybridized carbons (Fsp3) is 0.500. The maximum atomic E-state index is 10.0. The van der Waals surface area contributed by atoms with Gasteiger partial charge in [-0.3, -0.25) is 4.79 Å². The highest BCUT2D eigenvalue weighted by Crippen LogP contribution is 1.87. The van der Waals surface area contributed by atoms with Crippen LogP contribution in [0.3, 0.4) is 0 Å². The second kappa shape index (κ2) is 5.31. The van der Waals surface area contributed by atoms with Crippen LogP contribution in [0.1, 0.15) is 12.8 Å². The Morgan fingerprint density at radius 2 is 2.33 bits per heavy atom. The summed E-state index contributed by atoms with van der Waals surface area (Å²) in [6, 6.07) is 0. The molecular weight excluding hydrogens is 118 g/mol. The van der Waals surface area contributed by atoms with Crippen molar-refractivity contribution in [3.05, 3.63) is 12.2 Å². The number of unbranched alkanes of at least 4 members (excludes halogenated alkanes) is 1. The number of aliphatic hydroxyl groups excluding tert-OH is 1. The first-order valence-electron chi connectivity index (χ1n) is 2.84. The Bertz CT molecular complexity index is 110. The maximum Gasteiger partial charge on any atom is 0.241 e. The van der Waals surface area contributed by atoms with Gasteiger partial charge in [0, 0.05) is 6.61 Å². The van der Waals surface area contributed by atoms with Crippen molar-refractivity contribution in [3.8, 4) is 0 Å². The monoisotopic (exact) mass is 129 g/mol. The van der Waals surface area contributed by atoms with Crippen molar-refractivity contribution in [3.63, 3.8) is 0 Å². The summed E-state index contributed by atoms with van der Waals surface area (Å²) in [7, 11) is 0. The minimum absolute atomic E-state index is 0.156. The van der Waals surface area contributed by atoms with Gasteiger partial charge in [0.1, 0.15) is 0 Å². The SMILES string of the molecule is NC(=O)C=CCCCO. The lowest BCUT2D eigenvalue weighted by Gasteiger charge is -1.85. The molecule has 9 heavy (non-hydrogen) atoms. The Morgan fingerprint density at radius 3 is 2.78 bits per heavy atom. The third-order valence-electron chi connectivity index (χ3n) is 0.811. The summed E-state index contributed by atoms with van der Waals surface area (Å²) in [5.41, 5.74) is 4.79. The highest BCUT2D eigenvalue weighted by atomic mass is 16.2. The topological polar surface area (TPSA) is 63.3 Å². The first kappa shape index (κ1) is 8.17. The lowest BCUT2D eigenvalue weighted by molar-refractivity contribution is -0.113. The summed E-state index contributed by atoms with van der Waals surface area (Å²) in [4.78, 5) is 10.0. The Kier molecular flexibility index (Phi) is 4.82. The number of carbonyl (C=O) groups excluding carboxylic acids is 1. The third kappa shape index (κ3) is 7.17. The van der Waals surface area contributed by atoms with E-state index in [4.69, 9.17) is 10.8 Å². The number of carbonyl (C=O) groups is 1. The molecule has 1 amide bonds. The zero-order valence-corrected chi connectivity index (χ0v) is 5.21. The van der Waals surface area contributed by atoms with Crippen LogP contribution in [0.4, 0.5) is 0 Å². The van der Waals surface area contributed by atoms with Gasteiger partial charge in [-0.1, -0.05) is 6.08 Å². The van der Waals surface area contributed by atoms with Crippen molar-refractivity contribution in [2.45, 2.75) is 12.8 Å². The van der Waals surface area contributed by atoms with Crippen LogP contribution in [0.2, 0.25) is 0 Å². The summed E-state index contributed by atoms with van der Waals surface area (Å²) in [5, 5.41) is 8.28. The highest BCUT2D eigenvalue weighted by Gasteiger charge is 1.81. The molecule has 0 aliphatic carbocycles. The summed E-state index contributed by atoms with van der Waals surface area (Å²) in [6.07, 6.45) is 4.34. The molecule has 0 heterocycles. The van der Waals surface area contributed by atoms with Crippen LogP contribution < -0.4 is 5.73 Å². The van der Waals surface area contributed by atoms with E-state index in [0.29, 0.717) is 12.8 Å². The van der Waals surface area contributed by atoms with Gasteiger partial charge in [-0.05, 0) is 18.9 Å². The molecule has 3 heteroatoms. The standard InChI is InChI=1S/C6H11NO2/c7-6(9)4-2-1-3-5-8/h2,4,8H,1,3,5H2,(H2,7,9). The van der Waals surface area contributed by atoms with E-state index in [1.807, 2.05) is 0 Å². The molecule has 0 aliphatic heterocycles. The zero-order valence-electron chi connectivity index (χ0n) is 5.21. The predicted molar refractivity (Wildman–Crippen MR) is 34.7 cm³/mol. The van der Waals surface area contributed by atoms with Gasteiger partial charge in [0.2, 0.25) is 5.91 Å². The molecule has 0 aromatic heterocycles. The lowest BCUT2D eigenvalue weighted by Crippen LogP contribution is -2.05. The molecule has 0 rings (SSSR count). The molecule has 0 fully saturated rings. The van der Waals surface area contributed by atoms with Crippen LogP contribution in [0.25, 0.3) is 0 Å². The van der Waals surface area contributed by atoms with Crippen LogP contribution in [0.5, 0.6) is 0 Å². The molecule has 0 aromatic rings. The minimum atomic E-state index is -0.437. The smallest absolute Gasteiger partial charge is 0.241 e. The van der Waals surface area contributed by atoms with E-state index in [1.165, 1.54) is 6.08 Å². The maximum absolute atomic E-state index is 10.0. The van der Waals surface area contributed by atoms with E-state index >= 15 is 0 Å². The number of rotatable bonds is 4. The molecular formula is C6H11NO2. The van der Waals surface area contributed by atoms with Crippen molar-refractivity contribution in [1.82, 2.24) is 0 Å². The molecule has 52 valence electrons. The minimum Gasteiger partial charge on any atom is -0.396 e. The average molecular weight is 129 g/mol. The van der Waals surface area contributed by atoms with E-state index < -0.39 is 5.91 Å². The van der Waals surface area contributed by atoms with E-state index in [0.717, 1.165) is 0 Å². The number of primary amides is 1. The third-order valence-corrected chi connectivity index (χ3v) is 0.811. The van der Waals surface area contributed by atoms with E-state index in [1.54, 1.807) is 6.08 Å². The van der Waals surface area contributed by atoms with Crippen LogP contribution in [0.15, 0.2) is 12.2 Å². The number of aliphatic hydroxyl groups is 1. The molecule has 0 atom stereocenters. The fourth-order valence-electron chi connectivity index (χ4n) is 0.409. The number of hydrogen-bond donors (Lipinski definition) is 2. The molecule has 0 radical (unpaired) electrons. The van der Waals surface area contributed by atoms with Crippen molar-refractivity contribution in [2.75, 3.05) is 6.61 Å². The van der Waals surface area contributed by atoms with Gasteiger partial charge in [0.05, 0.1) is 0 Å². The first-order chi connectivity index (χ1) is 4.27. The number of allylic oxidation sites excluding steroid dienone is 1. The Morgan fingerprint density at radius 1 is 1.67 bits per heavy atom. The van der Waals surface area contributed by atoms with E-state index in [9.17, 15) is 4.79 Å². The number of hydrogen-bond acceptors (Lipinski definition) is 2. The van der Waals surface area contributed by atoms with Crippen LogP contribution >= 0.6 is 0 Å². The summed E-state index contributed by atoms with van der Waals surface area (Å²) < 4.78 is 0. The van der Waals surface area contributed by atoms with Gasteiger partial charge in [-0.15, -0.1) is 0 Å². The highest BCUT2D eigenvalue weighted by molar-refractivity contribution is 5.85. The van der Waals surface area contributed by atoms with Crippen molar-refractivity contribution >= 4 is 5.91 Å². The molecule has 0 spiro atoms. The average Bonchev–Trinajstić information content (AvgIpc) is 1.80. The normalized spacial score (nSPS) is 10.3. The molecule has 0 saturated heterocycles. The second-order valence-corrected chi connectivity index (χ2v) is 1.67. The predicted octanol–water partition coefficient (Wildman–Crippen LogP) is -0.200. The van der Waals surface area contributed by atoms with E-state index in [-0.39, 0.29) is 6.61 Å². The van der Waals surface area contributed by atoms with Crippen molar-refractivity contribution in [2.24, 2.45) is 5.73 Å². The largest absolute Gasteiger partial charge is 0.396 e. The van der Waals surface area contributed by atoms with Crippen LogP contribution in [0, 0.1) is 0 Å². The number of nitrogens with two attached hydrogens (primary N) is 1. The summed E-state index contributed by atoms with van der Waals surface area (Å²) in [5.74, 6) is -0.437. The molecule has 3 N–H and O–H groups in total. The van der Waals surface area contributed by atoms with E-state index in [2.05, 4.69) is 0 Å². The first-order valence-corrected chi connectivity index (χ1v) is 2.84. The van der Waals surface area contributed by atoms with Crippen LogP contribution in [-0.2, 0) is 4.79 Å². The van der Waals surface area contributed by atoms with Gasteiger partial charge in [-0.2, -0.15) is 0 Å². The molecule has 0 aliphatic rings. The molecule has 0 saturated carbocycles. The molecule has 0 bridgehead atoms. The van der Waals surface area contributed by atoms with Crippen molar-refractivity contribution < 1.29 is 9.90 Å². The van der Waals surface area contributed by atoms with Gasteiger partial charge >= 0.3 is 0 Å². The zero-order chi connectivity index (χ0) is 7.11. The fourth-order valence-corrected chi connectivity index (χ4v) is 0.409. The van der Waals surface area contributed by atoms with Gasteiger partial charge < -0.3 is 10.8 Å². The van der Waals surface area contributed by atoms with Gasteiger partial charge in [-0.25, -0.2) is 0 Å². The number of amides is 1. The molecule has 3 nitrogen and oxygen atoms in total. The van der Waals surface area contributed by atoms with Gasteiger partial charge in [0.25, 0.3) is 0 Å². The lowest BCUT2D eigenvalue weighted by atomic mass is 10.3. The second-order valence-electron chi connectivity index (χ2n) is 1.67. The van der Waals surface area contributed by atoms with Gasteiger partial charge in [0.15, 0.2) is 0 Å². The van der Waals surface area contributed by atoms with Crippen molar-refractivity contribution in [1.29, 1.82) is 0 Å². The Hall–Kier alpha value is -0.830. The Labute approximate surface area is 54.2 Å². The molecule has 0 unspecified atom stereocenters. The quantitative estimate of drug-likeness (QED) is 0.408. The molecule has 0 aromatic carbocycles.